The minimum atomic E-state index is -0.650. The van der Waals surface area contributed by atoms with Gasteiger partial charge in [0, 0.05) is 0 Å². The molecular formula is C15H20O3. The summed E-state index contributed by atoms with van der Waals surface area (Å²) in [6, 6.07) is 5.79. The van der Waals surface area contributed by atoms with Crippen LogP contribution in [0.25, 0.3) is 0 Å². The van der Waals surface area contributed by atoms with Crippen LogP contribution >= 0.6 is 0 Å². The Balaban J connectivity index is 1.97. The van der Waals surface area contributed by atoms with E-state index in [0.717, 1.165) is 18.4 Å². The first kappa shape index (κ1) is 11.8. The van der Waals surface area contributed by atoms with Gasteiger partial charge in [-0.2, -0.15) is 0 Å². The lowest BCUT2D eigenvalue weighted by Gasteiger charge is -2.33. The van der Waals surface area contributed by atoms with Gasteiger partial charge in [0.2, 0.25) is 0 Å². The van der Waals surface area contributed by atoms with Gasteiger partial charge in [0.1, 0.15) is 0 Å². The summed E-state index contributed by atoms with van der Waals surface area (Å²) >= 11 is 0. The van der Waals surface area contributed by atoms with Gasteiger partial charge in [-0.1, -0.05) is 6.07 Å². The van der Waals surface area contributed by atoms with Crippen LogP contribution in [0.5, 0.6) is 11.5 Å². The number of methoxy groups -OCH3 is 2. The van der Waals surface area contributed by atoms with E-state index in [2.05, 4.69) is 0 Å². The van der Waals surface area contributed by atoms with E-state index in [1.165, 1.54) is 12.8 Å². The average Bonchev–Trinajstić information content (AvgIpc) is 2.98. The van der Waals surface area contributed by atoms with Crippen molar-refractivity contribution in [3.05, 3.63) is 23.8 Å². The summed E-state index contributed by atoms with van der Waals surface area (Å²) in [5.41, 5.74) is 0.329. The maximum Gasteiger partial charge on any atom is 0.161 e. The molecule has 2 saturated carbocycles. The zero-order chi connectivity index (χ0) is 12.8. The van der Waals surface area contributed by atoms with Gasteiger partial charge >= 0.3 is 0 Å². The van der Waals surface area contributed by atoms with Crippen molar-refractivity contribution in [2.24, 2.45) is 11.8 Å². The third-order valence-electron chi connectivity index (χ3n) is 4.70. The van der Waals surface area contributed by atoms with Crippen LogP contribution in [-0.4, -0.2) is 19.3 Å². The molecule has 1 N–H and O–H groups in total. The maximum atomic E-state index is 10.9. The number of rotatable bonds is 3. The van der Waals surface area contributed by atoms with Gasteiger partial charge in [-0.3, -0.25) is 0 Å². The van der Waals surface area contributed by atoms with E-state index in [4.69, 9.17) is 9.47 Å². The molecule has 0 aliphatic heterocycles. The highest BCUT2D eigenvalue weighted by atomic mass is 16.5. The Hall–Kier alpha value is -1.22. The largest absolute Gasteiger partial charge is 0.493 e. The van der Waals surface area contributed by atoms with Crippen LogP contribution < -0.4 is 9.47 Å². The Morgan fingerprint density at radius 3 is 2.50 bits per heavy atom. The van der Waals surface area contributed by atoms with E-state index in [9.17, 15) is 5.11 Å². The molecule has 1 aromatic rings. The van der Waals surface area contributed by atoms with Crippen molar-refractivity contribution in [1.29, 1.82) is 0 Å². The number of benzene rings is 1. The summed E-state index contributed by atoms with van der Waals surface area (Å²) in [6.45, 7) is 0. The summed E-state index contributed by atoms with van der Waals surface area (Å²) in [5.74, 6) is 2.54. The average molecular weight is 248 g/mol. The van der Waals surface area contributed by atoms with Crippen molar-refractivity contribution in [3.63, 3.8) is 0 Å². The first-order valence-corrected chi connectivity index (χ1v) is 6.62. The van der Waals surface area contributed by atoms with E-state index in [0.29, 0.717) is 23.3 Å². The Morgan fingerprint density at radius 2 is 1.94 bits per heavy atom. The van der Waals surface area contributed by atoms with Crippen LogP contribution in [0.1, 0.15) is 31.2 Å². The standard InChI is InChI=1S/C15H20O3/c1-17-13-6-5-12(8-14(13)18-2)15(16)9-10-3-4-11(15)7-10/h5-6,8,10-11,16H,3-4,7,9H2,1-2H3. The molecule has 3 rings (SSSR count). The van der Waals surface area contributed by atoms with Crippen molar-refractivity contribution >= 4 is 0 Å². The Labute approximate surface area is 108 Å². The first-order chi connectivity index (χ1) is 8.67. The summed E-state index contributed by atoms with van der Waals surface area (Å²) in [4.78, 5) is 0. The highest BCUT2D eigenvalue weighted by molar-refractivity contribution is 5.45. The third kappa shape index (κ3) is 1.61. The lowest BCUT2D eigenvalue weighted by Crippen LogP contribution is -2.32. The van der Waals surface area contributed by atoms with Gasteiger partial charge in [-0.15, -0.1) is 0 Å². The molecule has 0 amide bonds. The highest BCUT2D eigenvalue weighted by Gasteiger charge is 2.50. The molecule has 2 aliphatic rings. The third-order valence-corrected chi connectivity index (χ3v) is 4.70. The first-order valence-electron chi connectivity index (χ1n) is 6.62. The van der Waals surface area contributed by atoms with Crippen LogP contribution in [-0.2, 0) is 5.60 Å². The molecule has 0 radical (unpaired) electrons. The van der Waals surface area contributed by atoms with Crippen molar-refractivity contribution in [2.45, 2.75) is 31.3 Å². The van der Waals surface area contributed by atoms with E-state index < -0.39 is 5.60 Å². The Kier molecular flexibility index (Phi) is 2.74. The number of fused-ring (bicyclic) bond motifs is 2. The Morgan fingerprint density at radius 1 is 1.17 bits per heavy atom. The molecule has 2 aliphatic carbocycles. The van der Waals surface area contributed by atoms with E-state index in [1.807, 2.05) is 18.2 Å². The topological polar surface area (TPSA) is 38.7 Å². The fraction of sp³-hybridized carbons (Fsp3) is 0.600. The predicted octanol–water partition coefficient (Wildman–Crippen LogP) is 2.71. The van der Waals surface area contributed by atoms with E-state index in [-0.39, 0.29) is 0 Å². The predicted molar refractivity (Wildman–Crippen MR) is 68.9 cm³/mol. The second-order valence-corrected chi connectivity index (χ2v) is 5.57. The van der Waals surface area contributed by atoms with Gasteiger partial charge in [0.05, 0.1) is 19.8 Å². The molecule has 0 aromatic heterocycles. The SMILES string of the molecule is COc1ccc(C2(O)CC3CCC2C3)cc1OC. The van der Waals surface area contributed by atoms with Crippen LogP contribution in [0.4, 0.5) is 0 Å². The van der Waals surface area contributed by atoms with Crippen LogP contribution in [0.2, 0.25) is 0 Å². The van der Waals surface area contributed by atoms with Crippen molar-refractivity contribution in [3.8, 4) is 11.5 Å². The lowest BCUT2D eigenvalue weighted by molar-refractivity contribution is -0.0184. The van der Waals surface area contributed by atoms with E-state index in [1.54, 1.807) is 14.2 Å². The monoisotopic (exact) mass is 248 g/mol. The van der Waals surface area contributed by atoms with Crippen LogP contribution in [0.15, 0.2) is 18.2 Å². The lowest BCUT2D eigenvalue weighted by atomic mass is 9.79. The molecule has 3 nitrogen and oxygen atoms in total. The maximum absolute atomic E-state index is 10.9. The van der Waals surface area contributed by atoms with Crippen molar-refractivity contribution < 1.29 is 14.6 Å². The number of hydrogen-bond acceptors (Lipinski definition) is 3. The van der Waals surface area contributed by atoms with Gasteiger partial charge in [-0.05, 0) is 55.2 Å². The fourth-order valence-corrected chi connectivity index (χ4v) is 3.76. The van der Waals surface area contributed by atoms with Crippen LogP contribution in [0, 0.1) is 11.8 Å². The van der Waals surface area contributed by atoms with Gasteiger partial charge in [0.15, 0.2) is 11.5 Å². The van der Waals surface area contributed by atoms with E-state index >= 15 is 0 Å². The molecule has 0 heterocycles. The van der Waals surface area contributed by atoms with Gasteiger partial charge in [-0.25, -0.2) is 0 Å². The molecule has 3 heteroatoms. The van der Waals surface area contributed by atoms with Gasteiger partial charge < -0.3 is 14.6 Å². The molecular weight excluding hydrogens is 228 g/mol. The highest BCUT2D eigenvalue weighted by Crippen LogP contribution is 2.56. The van der Waals surface area contributed by atoms with Gasteiger partial charge in [0.25, 0.3) is 0 Å². The molecule has 0 spiro atoms. The second kappa shape index (κ2) is 4.16. The zero-order valence-electron chi connectivity index (χ0n) is 11.0. The van der Waals surface area contributed by atoms with Crippen molar-refractivity contribution in [1.82, 2.24) is 0 Å². The van der Waals surface area contributed by atoms with Crippen molar-refractivity contribution in [2.75, 3.05) is 14.2 Å². The molecule has 18 heavy (non-hydrogen) atoms. The number of aliphatic hydroxyl groups is 1. The quantitative estimate of drug-likeness (QED) is 0.894. The molecule has 3 atom stereocenters. The minimum absolute atomic E-state index is 0.417. The second-order valence-electron chi connectivity index (χ2n) is 5.57. The van der Waals surface area contributed by atoms with Crippen LogP contribution in [0.3, 0.4) is 0 Å². The Bertz CT molecular complexity index is 457. The minimum Gasteiger partial charge on any atom is -0.493 e. The smallest absolute Gasteiger partial charge is 0.161 e. The molecule has 2 fully saturated rings. The molecule has 2 bridgehead atoms. The molecule has 98 valence electrons. The zero-order valence-corrected chi connectivity index (χ0v) is 11.0. The number of ether oxygens (including phenoxy) is 2. The summed E-state index contributed by atoms with van der Waals surface area (Å²) in [6.07, 6.45) is 4.49. The molecule has 0 saturated heterocycles. The fourth-order valence-electron chi connectivity index (χ4n) is 3.76. The summed E-state index contributed by atoms with van der Waals surface area (Å²) in [7, 11) is 3.26. The number of hydrogen-bond donors (Lipinski definition) is 1. The molecule has 3 unspecified atom stereocenters. The molecule has 1 aromatic carbocycles. The summed E-state index contributed by atoms with van der Waals surface area (Å²) in [5, 5.41) is 10.9. The summed E-state index contributed by atoms with van der Waals surface area (Å²) < 4.78 is 10.6. The normalized spacial score (nSPS) is 33.7.